The molecule has 6 nitrogen and oxygen atoms in total. The lowest BCUT2D eigenvalue weighted by Gasteiger charge is -2.29. The molecular weight excluding hydrogens is 296 g/mol. The number of hydrogen-bond acceptors (Lipinski definition) is 4. The lowest BCUT2D eigenvalue weighted by Crippen LogP contribution is -2.47. The van der Waals surface area contributed by atoms with E-state index in [0.29, 0.717) is 43.5 Å². The highest BCUT2D eigenvalue weighted by molar-refractivity contribution is 6.09. The molecule has 0 fully saturated rings. The summed E-state index contributed by atoms with van der Waals surface area (Å²) in [6.45, 7) is 9.24. The van der Waals surface area contributed by atoms with Crippen molar-refractivity contribution in [1.82, 2.24) is 4.90 Å². The van der Waals surface area contributed by atoms with E-state index < -0.39 is 5.41 Å². The summed E-state index contributed by atoms with van der Waals surface area (Å²) in [5.41, 5.74) is -0.557. The van der Waals surface area contributed by atoms with Crippen LogP contribution in [0.2, 0.25) is 0 Å². The lowest BCUT2D eigenvalue weighted by atomic mass is 9.90. The third kappa shape index (κ3) is 3.57. The largest absolute Gasteiger partial charge is 0.486 e. The van der Waals surface area contributed by atoms with Crippen LogP contribution >= 0.6 is 0 Å². The van der Waals surface area contributed by atoms with Crippen LogP contribution in [0.5, 0.6) is 11.5 Å². The molecule has 0 atom stereocenters. The first-order valence-electron chi connectivity index (χ1n) is 7.90. The molecule has 1 heterocycles. The highest BCUT2D eigenvalue weighted by atomic mass is 16.6. The second-order valence-corrected chi connectivity index (χ2v) is 5.92. The lowest BCUT2D eigenvalue weighted by molar-refractivity contribution is -0.146. The summed E-state index contributed by atoms with van der Waals surface area (Å²) in [5, 5.41) is 2.79. The molecule has 0 aromatic heterocycles. The van der Waals surface area contributed by atoms with Gasteiger partial charge in [0, 0.05) is 24.8 Å². The maximum atomic E-state index is 12.5. The van der Waals surface area contributed by atoms with Gasteiger partial charge in [0.2, 0.25) is 11.8 Å². The number of carbonyl (C=O) groups excluding carboxylic acids is 2. The summed E-state index contributed by atoms with van der Waals surface area (Å²) in [7, 11) is 0. The van der Waals surface area contributed by atoms with E-state index in [2.05, 4.69) is 5.32 Å². The smallest absolute Gasteiger partial charge is 0.239 e. The first-order valence-corrected chi connectivity index (χ1v) is 7.90. The molecule has 1 aliphatic heterocycles. The van der Waals surface area contributed by atoms with E-state index in [-0.39, 0.29) is 11.8 Å². The average Bonchev–Trinajstić information content (AvgIpc) is 2.55. The van der Waals surface area contributed by atoms with E-state index in [1.165, 1.54) is 0 Å². The molecule has 1 N–H and O–H groups in total. The van der Waals surface area contributed by atoms with E-state index in [1.807, 2.05) is 13.8 Å². The number of fused-ring (bicyclic) bond motifs is 1. The van der Waals surface area contributed by atoms with Gasteiger partial charge >= 0.3 is 0 Å². The van der Waals surface area contributed by atoms with Gasteiger partial charge < -0.3 is 19.7 Å². The van der Waals surface area contributed by atoms with Crippen molar-refractivity contribution in [3.05, 3.63) is 18.2 Å². The Bertz CT molecular complexity index is 594. The van der Waals surface area contributed by atoms with E-state index in [0.717, 1.165) is 0 Å². The van der Waals surface area contributed by atoms with Crippen molar-refractivity contribution in [2.75, 3.05) is 31.6 Å². The molecule has 0 unspecified atom stereocenters. The first-order chi connectivity index (χ1) is 10.9. The quantitative estimate of drug-likeness (QED) is 0.845. The third-order valence-electron chi connectivity index (χ3n) is 3.95. The Morgan fingerprint density at radius 2 is 1.74 bits per heavy atom. The Hall–Kier alpha value is -2.24. The molecule has 0 spiro atoms. The SMILES string of the molecule is CCN(CC)C(=O)C(C)(C)C(=O)Nc1ccc2c(c1)OCCO2. The summed E-state index contributed by atoms with van der Waals surface area (Å²) < 4.78 is 11.0. The molecule has 0 saturated heterocycles. The number of carbonyl (C=O) groups is 2. The van der Waals surface area contributed by atoms with Gasteiger partial charge in [-0.3, -0.25) is 9.59 Å². The molecule has 0 saturated carbocycles. The van der Waals surface area contributed by atoms with Crippen molar-refractivity contribution in [2.24, 2.45) is 5.41 Å². The summed E-state index contributed by atoms with van der Waals surface area (Å²) in [6.07, 6.45) is 0. The second kappa shape index (κ2) is 6.89. The van der Waals surface area contributed by atoms with Gasteiger partial charge in [-0.2, -0.15) is 0 Å². The van der Waals surface area contributed by atoms with Crippen LogP contribution in [0.3, 0.4) is 0 Å². The van der Waals surface area contributed by atoms with Crippen molar-refractivity contribution in [2.45, 2.75) is 27.7 Å². The Kier molecular flexibility index (Phi) is 5.13. The molecule has 2 rings (SSSR count). The zero-order valence-electron chi connectivity index (χ0n) is 14.1. The van der Waals surface area contributed by atoms with Crippen LogP contribution in [0, 0.1) is 5.41 Å². The fraction of sp³-hybridized carbons (Fsp3) is 0.529. The fourth-order valence-corrected chi connectivity index (χ4v) is 2.41. The number of nitrogens with one attached hydrogen (secondary N) is 1. The van der Waals surface area contributed by atoms with Crippen LogP contribution < -0.4 is 14.8 Å². The standard InChI is InChI=1S/C17H24N2O4/c1-5-19(6-2)16(21)17(3,4)15(20)18-12-7-8-13-14(11-12)23-10-9-22-13/h7-8,11H,5-6,9-10H2,1-4H3,(H,18,20). The molecule has 0 radical (unpaired) electrons. The maximum Gasteiger partial charge on any atom is 0.239 e. The van der Waals surface area contributed by atoms with Gasteiger partial charge in [-0.15, -0.1) is 0 Å². The van der Waals surface area contributed by atoms with Gasteiger partial charge in [-0.05, 0) is 39.8 Å². The highest BCUT2D eigenvalue weighted by Gasteiger charge is 2.38. The third-order valence-corrected chi connectivity index (χ3v) is 3.95. The first kappa shape index (κ1) is 17.1. The minimum absolute atomic E-state index is 0.183. The van der Waals surface area contributed by atoms with Crippen LogP contribution in [-0.2, 0) is 9.59 Å². The summed E-state index contributed by atoms with van der Waals surface area (Å²) in [5.74, 6) is 0.735. The van der Waals surface area contributed by atoms with Crippen molar-refractivity contribution in [3.63, 3.8) is 0 Å². The molecule has 0 bridgehead atoms. The van der Waals surface area contributed by atoms with Crippen LogP contribution in [-0.4, -0.2) is 43.0 Å². The molecular formula is C17H24N2O4. The molecule has 1 aliphatic rings. The van der Waals surface area contributed by atoms with Crippen molar-refractivity contribution < 1.29 is 19.1 Å². The molecule has 126 valence electrons. The minimum Gasteiger partial charge on any atom is -0.486 e. The van der Waals surface area contributed by atoms with Crippen LogP contribution in [0.1, 0.15) is 27.7 Å². The number of anilines is 1. The number of nitrogens with zero attached hydrogens (tertiary/aromatic N) is 1. The number of benzene rings is 1. The van der Waals surface area contributed by atoms with Gasteiger partial charge in [0.1, 0.15) is 18.6 Å². The van der Waals surface area contributed by atoms with E-state index in [4.69, 9.17) is 9.47 Å². The van der Waals surface area contributed by atoms with Crippen molar-refractivity contribution in [3.8, 4) is 11.5 Å². The highest BCUT2D eigenvalue weighted by Crippen LogP contribution is 2.33. The van der Waals surface area contributed by atoms with E-state index in [9.17, 15) is 9.59 Å². The van der Waals surface area contributed by atoms with Crippen LogP contribution in [0.25, 0.3) is 0 Å². The number of rotatable bonds is 5. The normalized spacial score (nSPS) is 13.4. The second-order valence-electron chi connectivity index (χ2n) is 5.92. The topological polar surface area (TPSA) is 67.9 Å². The minimum atomic E-state index is -1.14. The molecule has 2 amide bonds. The molecule has 0 aliphatic carbocycles. The molecule has 1 aromatic rings. The Morgan fingerprint density at radius 3 is 2.35 bits per heavy atom. The summed E-state index contributed by atoms with van der Waals surface area (Å²) in [6, 6.07) is 5.21. The van der Waals surface area contributed by atoms with Gasteiger partial charge in [0.05, 0.1) is 0 Å². The molecule has 6 heteroatoms. The monoisotopic (exact) mass is 320 g/mol. The zero-order valence-corrected chi connectivity index (χ0v) is 14.1. The Balaban J connectivity index is 2.12. The van der Waals surface area contributed by atoms with E-state index in [1.54, 1.807) is 36.9 Å². The molecule has 1 aromatic carbocycles. The summed E-state index contributed by atoms with van der Waals surface area (Å²) >= 11 is 0. The number of ether oxygens (including phenoxy) is 2. The van der Waals surface area contributed by atoms with Crippen molar-refractivity contribution in [1.29, 1.82) is 0 Å². The van der Waals surface area contributed by atoms with E-state index >= 15 is 0 Å². The van der Waals surface area contributed by atoms with Gasteiger partial charge in [-0.1, -0.05) is 0 Å². The molecule has 23 heavy (non-hydrogen) atoms. The number of hydrogen-bond donors (Lipinski definition) is 1. The zero-order chi connectivity index (χ0) is 17.0. The van der Waals surface area contributed by atoms with Gasteiger partial charge in [0.25, 0.3) is 0 Å². The maximum absolute atomic E-state index is 12.5. The van der Waals surface area contributed by atoms with Gasteiger partial charge in [-0.25, -0.2) is 0 Å². The Labute approximate surface area is 136 Å². The van der Waals surface area contributed by atoms with Crippen molar-refractivity contribution >= 4 is 17.5 Å². The summed E-state index contributed by atoms with van der Waals surface area (Å²) in [4.78, 5) is 26.7. The predicted octanol–water partition coefficient (Wildman–Crippen LogP) is 2.29. The number of amides is 2. The van der Waals surface area contributed by atoms with Crippen LogP contribution in [0.4, 0.5) is 5.69 Å². The predicted molar refractivity (Wildman–Crippen MR) is 87.8 cm³/mol. The Morgan fingerprint density at radius 1 is 1.13 bits per heavy atom. The average molecular weight is 320 g/mol. The van der Waals surface area contributed by atoms with Gasteiger partial charge in [0.15, 0.2) is 11.5 Å². The fourth-order valence-electron chi connectivity index (χ4n) is 2.41. The van der Waals surface area contributed by atoms with Crippen LogP contribution in [0.15, 0.2) is 18.2 Å².